The van der Waals surface area contributed by atoms with Crippen LogP contribution in [0.4, 0.5) is 0 Å². The van der Waals surface area contributed by atoms with Crippen LogP contribution in [0.3, 0.4) is 0 Å². The van der Waals surface area contributed by atoms with Gasteiger partial charge in [-0.3, -0.25) is 0 Å². The Labute approximate surface area is 83.7 Å². The van der Waals surface area contributed by atoms with E-state index in [1.54, 1.807) is 0 Å². The van der Waals surface area contributed by atoms with Crippen LogP contribution in [0.15, 0.2) is 12.2 Å². The summed E-state index contributed by atoms with van der Waals surface area (Å²) in [5, 5.41) is 0. The molecule has 0 aromatic heterocycles. The summed E-state index contributed by atoms with van der Waals surface area (Å²) in [4.78, 5) is 10.7. The zero-order valence-corrected chi connectivity index (χ0v) is 8.81. The monoisotopic (exact) mass is 200 g/mol. The van der Waals surface area contributed by atoms with E-state index < -0.39 is 0 Å². The average molecular weight is 200 g/mol. The summed E-state index contributed by atoms with van der Waals surface area (Å²) in [6.45, 7) is 0. The Morgan fingerprint density at radius 1 is 1.69 bits per heavy atom. The van der Waals surface area contributed by atoms with Gasteiger partial charge in [-0.05, 0) is 36.7 Å². The van der Waals surface area contributed by atoms with Crippen LogP contribution >= 0.6 is 11.8 Å². The molecule has 0 bridgehead atoms. The molecule has 0 saturated carbocycles. The first kappa shape index (κ1) is 10.6. The van der Waals surface area contributed by atoms with Crippen molar-refractivity contribution >= 4 is 17.7 Å². The van der Waals surface area contributed by atoms with Gasteiger partial charge in [0, 0.05) is 6.08 Å². The normalized spacial score (nSPS) is 23.3. The average Bonchev–Trinajstić information content (AvgIpc) is 2.19. The lowest BCUT2D eigenvalue weighted by atomic mass is 10.0. The van der Waals surface area contributed by atoms with Crippen molar-refractivity contribution in [3.8, 4) is 0 Å². The van der Waals surface area contributed by atoms with Crippen LogP contribution in [0.2, 0.25) is 0 Å². The lowest BCUT2D eigenvalue weighted by Gasteiger charge is -2.19. The van der Waals surface area contributed by atoms with Crippen molar-refractivity contribution in [3.63, 3.8) is 0 Å². The molecule has 1 atom stereocenters. The van der Waals surface area contributed by atoms with Gasteiger partial charge < -0.3 is 4.74 Å². The van der Waals surface area contributed by atoms with Crippen molar-refractivity contribution in [3.05, 3.63) is 12.2 Å². The summed E-state index contributed by atoms with van der Waals surface area (Å²) in [5.41, 5.74) is 0. The molecule has 0 aliphatic carbocycles. The van der Waals surface area contributed by atoms with Crippen LogP contribution < -0.4 is 0 Å². The van der Waals surface area contributed by atoms with Gasteiger partial charge in [-0.15, -0.1) is 0 Å². The molecule has 0 N–H and O–H groups in total. The second-order valence-corrected chi connectivity index (χ2v) is 4.39. The van der Waals surface area contributed by atoms with Gasteiger partial charge in [0.15, 0.2) is 0 Å². The van der Waals surface area contributed by atoms with E-state index in [-0.39, 0.29) is 5.97 Å². The van der Waals surface area contributed by atoms with Gasteiger partial charge in [0.25, 0.3) is 0 Å². The lowest BCUT2D eigenvalue weighted by Crippen LogP contribution is -2.09. The highest BCUT2D eigenvalue weighted by molar-refractivity contribution is 7.99. The molecule has 74 valence electrons. The van der Waals surface area contributed by atoms with Crippen LogP contribution in [0.5, 0.6) is 0 Å². The van der Waals surface area contributed by atoms with Crippen LogP contribution in [0.25, 0.3) is 0 Å². The molecule has 1 unspecified atom stereocenters. The van der Waals surface area contributed by atoms with Crippen LogP contribution in [0.1, 0.15) is 19.3 Å². The number of ether oxygens (including phenoxy) is 1. The third-order valence-electron chi connectivity index (χ3n) is 2.18. The molecule has 0 aromatic rings. The maximum absolute atomic E-state index is 10.7. The lowest BCUT2D eigenvalue weighted by molar-refractivity contribution is -0.134. The van der Waals surface area contributed by atoms with E-state index >= 15 is 0 Å². The summed E-state index contributed by atoms with van der Waals surface area (Å²) in [5.74, 6) is 3.06. The second kappa shape index (κ2) is 6.08. The molecule has 1 rings (SSSR count). The van der Waals surface area contributed by atoms with Crippen molar-refractivity contribution < 1.29 is 9.53 Å². The van der Waals surface area contributed by atoms with E-state index in [1.165, 1.54) is 37.5 Å². The van der Waals surface area contributed by atoms with Crippen molar-refractivity contribution in [2.24, 2.45) is 5.92 Å². The van der Waals surface area contributed by atoms with Crippen LogP contribution in [-0.4, -0.2) is 24.6 Å². The largest absolute Gasteiger partial charge is 0.466 e. The number of rotatable bonds is 3. The van der Waals surface area contributed by atoms with Gasteiger partial charge in [0.1, 0.15) is 0 Å². The van der Waals surface area contributed by atoms with Crippen molar-refractivity contribution in [2.75, 3.05) is 18.6 Å². The van der Waals surface area contributed by atoms with Crippen LogP contribution in [0, 0.1) is 5.92 Å². The van der Waals surface area contributed by atoms with Gasteiger partial charge in [0.05, 0.1) is 7.11 Å². The van der Waals surface area contributed by atoms with Gasteiger partial charge >= 0.3 is 5.97 Å². The predicted molar refractivity (Wildman–Crippen MR) is 55.8 cm³/mol. The topological polar surface area (TPSA) is 26.3 Å². The summed E-state index contributed by atoms with van der Waals surface area (Å²) in [6.07, 6.45) is 7.10. The molecule has 0 aromatic carbocycles. The number of methoxy groups -OCH3 is 1. The van der Waals surface area contributed by atoms with E-state index in [1.807, 2.05) is 17.8 Å². The van der Waals surface area contributed by atoms with Gasteiger partial charge in [-0.2, -0.15) is 11.8 Å². The zero-order chi connectivity index (χ0) is 9.52. The van der Waals surface area contributed by atoms with E-state index in [0.717, 1.165) is 12.3 Å². The number of hydrogen-bond acceptors (Lipinski definition) is 3. The summed E-state index contributed by atoms with van der Waals surface area (Å²) in [6, 6.07) is 0. The maximum atomic E-state index is 10.7. The molecule has 0 spiro atoms. The number of hydrogen-bond donors (Lipinski definition) is 0. The van der Waals surface area contributed by atoms with Gasteiger partial charge in [-0.1, -0.05) is 6.08 Å². The first-order valence-electron chi connectivity index (χ1n) is 4.65. The highest BCUT2D eigenvalue weighted by Gasteiger charge is 2.11. The van der Waals surface area contributed by atoms with E-state index in [4.69, 9.17) is 0 Å². The smallest absolute Gasteiger partial charge is 0.330 e. The molecule has 0 amide bonds. The third kappa shape index (κ3) is 4.36. The Hall–Kier alpha value is -0.440. The molecule has 1 aliphatic heterocycles. The molecule has 1 fully saturated rings. The first-order chi connectivity index (χ1) is 6.33. The van der Waals surface area contributed by atoms with E-state index in [9.17, 15) is 4.79 Å². The summed E-state index contributed by atoms with van der Waals surface area (Å²) < 4.78 is 4.51. The van der Waals surface area contributed by atoms with E-state index in [2.05, 4.69) is 4.74 Å². The van der Waals surface area contributed by atoms with Crippen molar-refractivity contribution in [1.82, 2.24) is 0 Å². The highest BCUT2D eigenvalue weighted by Crippen LogP contribution is 2.25. The molecule has 2 nitrogen and oxygen atoms in total. The maximum Gasteiger partial charge on any atom is 0.330 e. The predicted octanol–water partition coefficient (Wildman–Crippen LogP) is 2.25. The fourth-order valence-electron chi connectivity index (χ4n) is 1.42. The highest BCUT2D eigenvalue weighted by atomic mass is 32.2. The second-order valence-electron chi connectivity index (χ2n) is 3.24. The molecule has 1 heterocycles. The van der Waals surface area contributed by atoms with E-state index in [0.29, 0.717) is 0 Å². The first-order valence-corrected chi connectivity index (χ1v) is 5.80. The summed E-state index contributed by atoms with van der Waals surface area (Å²) >= 11 is 2.02. The SMILES string of the molecule is COC(=O)/C=C\CC1CCCSC1. The number of carbonyl (C=O) groups excluding carboxylic acids is 1. The fourth-order valence-corrected chi connectivity index (χ4v) is 2.59. The number of esters is 1. The summed E-state index contributed by atoms with van der Waals surface area (Å²) in [7, 11) is 1.41. The third-order valence-corrected chi connectivity index (χ3v) is 3.46. The number of carbonyl (C=O) groups is 1. The zero-order valence-electron chi connectivity index (χ0n) is 7.99. The number of allylic oxidation sites excluding steroid dienone is 1. The fraction of sp³-hybridized carbons (Fsp3) is 0.700. The van der Waals surface area contributed by atoms with Gasteiger partial charge in [-0.25, -0.2) is 4.79 Å². The van der Waals surface area contributed by atoms with Crippen molar-refractivity contribution in [2.45, 2.75) is 19.3 Å². The Morgan fingerprint density at radius 3 is 3.15 bits per heavy atom. The Bertz CT molecular complexity index is 183. The molecular weight excluding hydrogens is 184 g/mol. The minimum Gasteiger partial charge on any atom is -0.466 e. The Morgan fingerprint density at radius 2 is 2.54 bits per heavy atom. The molecular formula is C10H16O2S. The van der Waals surface area contributed by atoms with Gasteiger partial charge in [0.2, 0.25) is 0 Å². The van der Waals surface area contributed by atoms with Crippen LogP contribution in [-0.2, 0) is 9.53 Å². The van der Waals surface area contributed by atoms with Crippen molar-refractivity contribution in [1.29, 1.82) is 0 Å². The molecule has 1 aliphatic rings. The molecule has 1 saturated heterocycles. The molecule has 13 heavy (non-hydrogen) atoms. The minimum atomic E-state index is -0.247. The Balaban J connectivity index is 2.16. The molecule has 0 radical (unpaired) electrons. The Kier molecular flexibility index (Phi) is 4.98. The number of thioether (sulfide) groups is 1. The quantitative estimate of drug-likeness (QED) is 0.516. The standard InChI is InChI=1S/C10H16O2S/c1-12-10(11)6-2-4-9-5-3-7-13-8-9/h2,6,9H,3-5,7-8H2,1H3/b6-2-. The molecule has 3 heteroatoms. The minimum absolute atomic E-state index is 0.247.